The minimum absolute atomic E-state index is 0.000213. The highest BCUT2D eigenvalue weighted by atomic mass is 19.4. The smallest absolute Gasteiger partial charge is 0.419 e. The first-order valence-corrected chi connectivity index (χ1v) is 8.33. The Hall–Kier alpha value is -3.82. The average molecular weight is 421 g/mol. The number of halogens is 5. The maximum atomic E-state index is 13.4. The van der Waals surface area contributed by atoms with Gasteiger partial charge in [0.2, 0.25) is 5.88 Å². The first-order valence-electron chi connectivity index (χ1n) is 8.33. The van der Waals surface area contributed by atoms with E-state index in [1.165, 1.54) is 18.3 Å². The van der Waals surface area contributed by atoms with Crippen molar-refractivity contribution in [2.75, 3.05) is 0 Å². The summed E-state index contributed by atoms with van der Waals surface area (Å²) in [7, 11) is 0. The second kappa shape index (κ2) is 8.68. The molecule has 1 heterocycles. The third kappa shape index (κ3) is 4.96. The van der Waals surface area contributed by atoms with Crippen molar-refractivity contribution in [3.63, 3.8) is 0 Å². The van der Waals surface area contributed by atoms with Gasteiger partial charge < -0.3 is 4.74 Å². The number of ether oxygens (including phenoxy) is 1. The number of carbonyl (C=O) groups is 1. The van der Waals surface area contributed by atoms with E-state index >= 15 is 0 Å². The van der Waals surface area contributed by atoms with Crippen LogP contribution in [0.25, 0.3) is 0 Å². The molecule has 0 bridgehead atoms. The summed E-state index contributed by atoms with van der Waals surface area (Å²) in [5.41, 5.74) is -0.0930. The summed E-state index contributed by atoms with van der Waals surface area (Å²) in [5, 5.41) is 3.50. The van der Waals surface area contributed by atoms with Gasteiger partial charge >= 0.3 is 6.18 Å². The van der Waals surface area contributed by atoms with Gasteiger partial charge in [0.15, 0.2) is 11.6 Å². The largest absolute Gasteiger partial charge is 0.438 e. The van der Waals surface area contributed by atoms with Crippen LogP contribution in [0, 0.1) is 11.6 Å². The van der Waals surface area contributed by atoms with Crippen molar-refractivity contribution in [2.45, 2.75) is 6.18 Å². The van der Waals surface area contributed by atoms with Crippen LogP contribution in [0.1, 0.15) is 21.5 Å². The number of pyridine rings is 1. The van der Waals surface area contributed by atoms with Crippen LogP contribution in [0.2, 0.25) is 0 Å². The minimum atomic E-state index is -5.09. The van der Waals surface area contributed by atoms with Crippen LogP contribution in [0.3, 0.4) is 0 Å². The Labute approximate surface area is 166 Å². The van der Waals surface area contributed by atoms with Gasteiger partial charge in [-0.3, -0.25) is 4.79 Å². The molecule has 1 amide bonds. The van der Waals surface area contributed by atoms with Gasteiger partial charge in [-0.15, -0.1) is 0 Å². The number of hydrazone groups is 1. The second-order valence-electron chi connectivity index (χ2n) is 5.83. The van der Waals surface area contributed by atoms with E-state index in [4.69, 9.17) is 4.74 Å². The summed E-state index contributed by atoms with van der Waals surface area (Å²) < 4.78 is 70.6. The minimum Gasteiger partial charge on any atom is -0.438 e. The van der Waals surface area contributed by atoms with Crippen LogP contribution in [-0.4, -0.2) is 17.1 Å². The fourth-order valence-corrected chi connectivity index (χ4v) is 2.36. The Bertz CT molecular complexity index is 1090. The Morgan fingerprint density at radius 1 is 1.07 bits per heavy atom. The quantitative estimate of drug-likeness (QED) is 0.361. The van der Waals surface area contributed by atoms with Crippen molar-refractivity contribution in [1.82, 2.24) is 10.4 Å². The zero-order valence-electron chi connectivity index (χ0n) is 15.0. The van der Waals surface area contributed by atoms with Gasteiger partial charge in [0.1, 0.15) is 11.3 Å². The summed E-state index contributed by atoms with van der Waals surface area (Å²) >= 11 is 0. The fourth-order valence-electron chi connectivity index (χ4n) is 2.36. The van der Waals surface area contributed by atoms with E-state index in [0.29, 0.717) is 17.9 Å². The van der Waals surface area contributed by atoms with Gasteiger partial charge in [-0.2, -0.15) is 18.3 Å². The SMILES string of the molecule is O=C(N/N=C/c1cc(F)c(F)c(C(F)(F)F)c1)c1cccnc1Oc1ccccc1. The zero-order valence-corrected chi connectivity index (χ0v) is 15.0. The summed E-state index contributed by atoms with van der Waals surface area (Å²) in [6.07, 6.45) is -2.93. The molecule has 30 heavy (non-hydrogen) atoms. The molecular weight excluding hydrogens is 409 g/mol. The van der Waals surface area contributed by atoms with E-state index in [1.54, 1.807) is 30.3 Å². The molecule has 3 rings (SSSR count). The van der Waals surface area contributed by atoms with Crippen LogP contribution in [0.5, 0.6) is 11.6 Å². The highest BCUT2D eigenvalue weighted by Crippen LogP contribution is 2.32. The predicted octanol–water partition coefficient (Wildman–Crippen LogP) is 4.93. The monoisotopic (exact) mass is 421 g/mol. The lowest BCUT2D eigenvalue weighted by atomic mass is 10.1. The van der Waals surface area contributed by atoms with Crippen LogP contribution in [0.4, 0.5) is 22.0 Å². The standard InChI is InChI=1S/C20H12F5N3O2/c21-16-10-12(9-15(17(16)22)20(23,24)25)11-27-28-18(29)14-7-4-8-26-19(14)30-13-5-2-1-3-6-13/h1-11H,(H,28,29)/b27-11+. The topological polar surface area (TPSA) is 63.6 Å². The highest BCUT2D eigenvalue weighted by molar-refractivity contribution is 5.97. The Morgan fingerprint density at radius 2 is 1.80 bits per heavy atom. The number of nitrogens with one attached hydrogen (secondary N) is 1. The molecule has 0 saturated carbocycles. The maximum Gasteiger partial charge on any atom is 0.419 e. The summed E-state index contributed by atoms with van der Waals surface area (Å²) in [6, 6.07) is 12.3. The Kier molecular flexibility index (Phi) is 6.05. The Morgan fingerprint density at radius 3 is 2.50 bits per heavy atom. The van der Waals surface area contributed by atoms with Crippen LogP contribution >= 0.6 is 0 Å². The molecule has 0 aliphatic rings. The third-order valence-electron chi connectivity index (χ3n) is 3.71. The van der Waals surface area contributed by atoms with E-state index in [0.717, 1.165) is 6.21 Å². The number of para-hydroxylation sites is 1. The number of benzene rings is 2. The van der Waals surface area contributed by atoms with Gasteiger partial charge in [-0.25, -0.2) is 19.2 Å². The number of nitrogens with zero attached hydrogens (tertiary/aromatic N) is 2. The molecule has 5 nitrogen and oxygen atoms in total. The van der Waals surface area contributed by atoms with Crippen molar-refractivity contribution in [3.8, 4) is 11.6 Å². The number of alkyl halides is 3. The Balaban J connectivity index is 1.77. The normalized spacial score (nSPS) is 11.5. The molecule has 0 aliphatic heterocycles. The molecule has 0 aliphatic carbocycles. The van der Waals surface area contributed by atoms with E-state index in [2.05, 4.69) is 15.5 Å². The van der Waals surface area contributed by atoms with Gasteiger partial charge in [0.05, 0.1) is 11.8 Å². The molecular formula is C20H12F5N3O2. The van der Waals surface area contributed by atoms with Crippen molar-refractivity contribution in [2.24, 2.45) is 5.10 Å². The summed E-state index contributed by atoms with van der Waals surface area (Å²) in [5.74, 6) is -4.08. The van der Waals surface area contributed by atoms with Crippen LogP contribution < -0.4 is 10.2 Å². The number of amides is 1. The number of aromatic nitrogens is 1. The van der Waals surface area contributed by atoms with Gasteiger partial charge in [0.25, 0.3) is 5.91 Å². The molecule has 1 aromatic heterocycles. The van der Waals surface area contributed by atoms with E-state index < -0.39 is 34.8 Å². The molecule has 0 radical (unpaired) electrons. The van der Waals surface area contributed by atoms with Crippen molar-refractivity contribution < 1.29 is 31.5 Å². The summed E-state index contributed by atoms with van der Waals surface area (Å²) in [6.45, 7) is 0. The van der Waals surface area contributed by atoms with E-state index in [1.807, 2.05) is 0 Å². The highest BCUT2D eigenvalue weighted by Gasteiger charge is 2.35. The molecule has 154 valence electrons. The lowest BCUT2D eigenvalue weighted by Gasteiger charge is -2.09. The molecule has 10 heteroatoms. The molecule has 0 atom stereocenters. The maximum absolute atomic E-state index is 13.4. The molecule has 0 unspecified atom stereocenters. The predicted molar refractivity (Wildman–Crippen MR) is 97.2 cm³/mol. The van der Waals surface area contributed by atoms with Crippen molar-refractivity contribution in [3.05, 3.63) is 89.1 Å². The van der Waals surface area contributed by atoms with Gasteiger partial charge in [0, 0.05) is 6.20 Å². The number of hydrogen-bond donors (Lipinski definition) is 1. The van der Waals surface area contributed by atoms with E-state index in [9.17, 15) is 26.7 Å². The molecule has 1 N–H and O–H groups in total. The van der Waals surface area contributed by atoms with E-state index in [-0.39, 0.29) is 11.4 Å². The molecule has 3 aromatic rings. The first-order chi connectivity index (χ1) is 14.3. The molecule has 0 spiro atoms. The van der Waals surface area contributed by atoms with Crippen LogP contribution in [-0.2, 0) is 6.18 Å². The number of carbonyl (C=O) groups excluding carboxylic acids is 1. The molecule has 0 saturated heterocycles. The van der Waals surface area contributed by atoms with Crippen molar-refractivity contribution >= 4 is 12.1 Å². The number of hydrogen-bond acceptors (Lipinski definition) is 4. The molecule has 2 aromatic carbocycles. The van der Waals surface area contributed by atoms with Gasteiger partial charge in [-0.1, -0.05) is 18.2 Å². The second-order valence-corrected chi connectivity index (χ2v) is 5.83. The lowest BCUT2D eigenvalue weighted by Crippen LogP contribution is -2.19. The third-order valence-corrected chi connectivity index (χ3v) is 3.71. The summed E-state index contributed by atoms with van der Waals surface area (Å²) in [4.78, 5) is 16.3. The zero-order chi connectivity index (χ0) is 21.7. The van der Waals surface area contributed by atoms with Crippen LogP contribution in [0.15, 0.2) is 65.9 Å². The first kappa shape index (κ1) is 20.9. The number of rotatable bonds is 5. The lowest BCUT2D eigenvalue weighted by molar-refractivity contribution is -0.140. The van der Waals surface area contributed by atoms with Gasteiger partial charge in [-0.05, 0) is 42.0 Å². The fraction of sp³-hybridized carbons (Fsp3) is 0.0500. The van der Waals surface area contributed by atoms with Crippen molar-refractivity contribution in [1.29, 1.82) is 0 Å². The molecule has 0 fully saturated rings. The average Bonchev–Trinajstić information content (AvgIpc) is 2.70.